The molecule has 0 aliphatic rings. The van der Waals surface area contributed by atoms with Gasteiger partial charge in [0.05, 0.1) is 6.16 Å². The normalized spacial score (nSPS) is 11.3. The lowest BCUT2D eigenvalue weighted by Gasteiger charge is -2.27. The summed E-state index contributed by atoms with van der Waals surface area (Å²) >= 11 is 0. The molecule has 0 saturated heterocycles. The van der Waals surface area contributed by atoms with E-state index in [9.17, 15) is 4.39 Å². The number of nitrogens with zero attached hydrogens (tertiary/aromatic N) is 3. The number of halogens is 1. The van der Waals surface area contributed by atoms with Gasteiger partial charge in [-0.25, -0.2) is 4.39 Å². The van der Waals surface area contributed by atoms with Gasteiger partial charge in [0.2, 0.25) is 0 Å². The number of benzene rings is 1. The smallest absolute Gasteiger partial charge is 0.123 e. The summed E-state index contributed by atoms with van der Waals surface area (Å²) in [6, 6.07) is 19.3. The van der Waals surface area contributed by atoms with Crippen LogP contribution in [0.4, 0.5) is 4.39 Å². The van der Waals surface area contributed by atoms with Crippen LogP contribution in [0.2, 0.25) is 0 Å². The van der Waals surface area contributed by atoms with E-state index in [1.54, 1.807) is 0 Å². The summed E-state index contributed by atoms with van der Waals surface area (Å²) in [5.41, 5.74) is 1.09. The van der Waals surface area contributed by atoms with E-state index in [1.165, 1.54) is 28.0 Å². The Hall–Kier alpha value is -2.97. The van der Waals surface area contributed by atoms with Crippen LogP contribution in [0.1, 0.15) is 5.56 Å². The third kappa shape index (κ3) is 3.49. The Morgan fingerprint density at radius 2 is 0.926 bits per heavy atom. The summed E-state index contributed by atoms with van der Waals surface area (Å²) in [6.45, 7) is 0. The molecule has 0 bridgehead atoms. The van der Waals surface area contributed by atoms with E-state index in [-0.39, 0.29) is 5.82 Å². The van der Waals surface area contributed by atoms with E-state index >= 15 is 0 Å². The lowest BCUT2D eigenvalue weighted by atomic mass is 10.2. The topological polar surface area (TPSA) is 38.7 Å². The highest BCUT2D eigenvalue weighted by Crippen LogP contribution is 2.57. The number of pyridine rings is 3. The van der Waals surface area contributed by atoms with Crippen molar-refractivity contribution >= 4 is 23.2 Å². The second-order valence-corrected chi connectivity index (χ2v) is 9.70. The zero-order chi connectivity index (χ0) is 18.5. The van der Waals surface area contributed by atoms with Crippen LogP contribution < -0.4 is 15.9 Å². The Bertz CT molecular complexity index is 897. The summed E-state index contributed by atoms with van der Waals surface area (Å²) in [5, 5.41) is 3.66. The highest BCUT2D eigenvalue weighted by atomic mass is 31.2. The Labute approximate surface area is 158 Å². The van der Waals surface area contributed by atoms with Crippen molar-refractivity contribution in [1.29, 1.82) is 0 Å². The third-order valence-electron chi connectivity index (χ3n) is 4.64. The fraction of sp³-hybridized carbons (Fsp3) is 0.0455. The summed E-state index contributed by atoms with van der Waals surface area (Å²) in [6.07, 6.45) is 11.8. The highest BCUT2D eigenvalue weighted by molar-refractivity contribution is 7.95. The zero-order valence-electron chi connectivity index (χ0n) is 14.6. The average Bonchev–Trinajstić information content (AvgIpc) is 2.75. The fourth-order valence-corrected chi connectivity index (χ4v) is 7.51. The minimum Gasteiger partial charge on any atom is -0.264 e. The molecule has 0 aliphatic heterocycles. The molecule has 3 nitrogen and oxygen atoms in total. The number of hydrogen-bond donors (Lipinski definition) is 0. The molecular formula is C22H18FN3P+. The summed E-state index contributed by atoms with van der Waals surface area (Å²) in [5.74, 6) is -0.223. The largest absolute Gasteiger partial charge is 0.264 e. The van der Waals surface area contributed by atoms with Gasteiger partial charge in [0, 0.05) is 37.2 Å². The van der Waals surface area contributed by atoms with Crippen LogP contribution in [0, 0.1) is 5.82 Å². The predicted molar refractivity (Wildman–Crippen MR) is 109 cm³/mol. The van der Waals surface area contributed by atoms with Crippen molar-refractivity contribution in [3.63, 3.8) is 0 Å². The minimum absolute atomic E-state index is 0.223. The molecule has 4 aromatic rings. The third-order valence-corrected chi connectivity index (χ3v) is 9.02. The van der Waals surface area contributed by atoms with Crippen LogP contribution >= 0.6 is 7.26 Å². The van der Waals surface area contributed by atoms with Crippen LogP contribution in [0.25, 0.3) is 0 Å². The quantitative estimate of drug-likeness (QED) is 0.503. The van der Waals surface area contributed by atoms with Crippen LogP contribution in [0.3, 0.4) is 0 Å². The van der Waals surface area contributed by atoms with Crippen molar-refractivity contribution in [1.82, 2.24) is 15.0 Å². The van der Waals surface area contributed by atoms with Gasteiger partial charge in [-0.15, -0.1) is 0 Å². The van der Waals surface area contributed by atoms with Gasteiger partial charge in [-0.1, -0.05) is 12.1 Å². The number of aromatic nitrogens is 3. The lowest BCUT2D eigenvalue weighted by Crippen LogP contribution is -2.32. The average molecular weight is 373 g/mol. The lowest BCUT2D eigenvalue weighted by molar-refractivity contribution is 0.627. The van der Waals surface area contributed by atoms with Gasteiger partial charge < -0.3 is 0 Å². The molecule has 0 spiro atoms. The number of hydrogen-bond acceptors (Lipinski definition) is 3. The minimum atomic E-state index is -2.03. The van der Waals surface area contributed by atoms with Crippen molar-refractivity contribution in [3.05, 3.63) is 109 Å². The Kier molecular flexibility index (Phi) is 4.99. The van der Waals surface area contributed by atoms with Crippen molar-refractivity contribution in [2.24, 2.45) is 0 Å². The van der Waals surface area contributed by atoms with E-state index in [0.29, 0.717) is 0 Å². The molecule has 0 atom stereocenters. The summed E-state index contributed by atoms with van der Waals surface area (Å²) in [4.78, 5) is 12.6. The molecule has 0 saturated carbocycles. The van der Waals surface area contributed by atoms with Gasteiger partial charge in [0.25, 0.3) is 0 Å². The predicted octanol–water partition coefficient (Wildman–Crippen LogP) is 3.50. The molecule has 0 radical (unpaired) electrons. The molecule has 5 heteroatoms. The first-order valence-electron chi connectivity index (χ1n) is 8.63. The Balaban J connectivity index is 1.98. The monoisotopic (exact) mass is 373 g/mol. The first-order chi connectivity index (χ1) is 13.3. The maximum Gasteiger partial charge on any atom is 0.123 e. The molecule has 3 aromatic heterocycles. The Morgan fingerprint density at radius 1 is 0.556 bits per heavy atom. The van der Waals surface area contributed by atoms with Gasteiger partial charge >= 0.3 is 0 Å². The fourth-order valence-electron chi connectivity index (χ4n) is 3.38. The second kappa shape index (κ2) is 7.73. The molecule has 27 heavy (non-hydrogen) atoms. The summed E-state index contributed by atoms with van der Waals surface area (Å²) < 4.78 is 13.5. The maximum absolute atomic E-state index is 13.5. The van der Waals surface area contributed by atoms with E-state index in [2.05, 4.69) is 51.4 Å². The second-order valence-electron chi connectivity index (χ2n) is 6.21. The molecule has 0 amide bonds. The molecule has 0 fully saturated rings. The van der Waals surface area contributed by atoms with Crippen molar-refractivity contribution < 1.29 is 4.39 Å². The highest BCUT2D eigenvalue weighted by Gasteiger charge is 2.45. The van der Waals surface area contributed by atoms with Crippen LogP contribution in [0.15, 0.2) is 97.8 Å². The van der Waals surface area contributed by atoms with E-state index in [0.717, 1.165) is 11.7 Å². The zero-order valence-corrected chi connectivity index (χ0v) is 15.5. The van der Waals surface area contributed by atoms with Crippen molar-refractivity contribution in [2.75, 3.05) is 0 Å². The molecule has 0 unspecified atom stereocenters. The molecule has 4 rings (SSSR count). The van der Waals surface area contributed by atoms with Crippen LogP contribution in [0.5, 0.6) is 0 Å². The standard InChI is InChI=1S/C22H18FN3P/c23-19-3-1-18(2-4-19)17-27(20-5-11-24-12-6-20,21-7-13-25-14-8-21)22-9-15-26-16-10-22/h1-16H,17H2/q+1/i23-1. The van der Waals surface area contributed by atoms with Gasteiger partial charge in [-0.05, 0) is 54.1 Å². The molecular weight excluding hydrogens is 355 g/mol. The van der Waals surface area contributed by atoms with E-state index in [4.69, 9.17) is 0 Å². The SMILES string of the molecule is [18F]c1ccc(C[P+](c2ccncc2)(c2ccncc2)c2ccncc2)cc1. The molecule has 132 valence electrons. The van der Waals surface area contributed by atoms with Crippen LogP contribution in [-0.4, -0.2) is 15.0 Å². The first-order valence-corrected chi connectivity index (χ1v) is 10.6. The molecule has 0 N–H and O–H groups in total. The van der Waals surface area contributed by atoms with Gasteiger partial charge in [-0.3, -0.25) is 15.0 Å². The summed E-state index contributed by atoms with van der Waals surface area (Å²) in [7, 11) is -2.03. The van der Waals surface area contributed by atoms with Crippen LogP contribution in [-0.2, 0) is 6.16 Å². The number of rotatable bonds is 5. The van der Waals surface area contributed by atoms with Crippen molar-refractivity contribution in [2.45, 2.75) is 6.16 Å². The maximum atomic E-state index is 13.5. The molecule has 3 heterocycles. The molecule has 0 aliphatic carbocycles. The van der Waals surface area contributed by atoms with Gasteiger partial charge in [0.15, 0.2) is 0 Å². The van der Waals surface area contributed by atoms with E-state index < -0.39 is 7.26 Å². The first kappa shape index (κ1) is 17.4. The van der Waals surface area contributed by atoms with E-state index in [1.807, 2.05) is 49.3 Å². The van der Waals surface area contributed by atoms with Crippen molar-refractivity contribution in [3.8, 4) is 0 Å². The molecule has 1 aromatic carbocycles. The van der Waals surface area contributed by atoms with Gasteiger partial charge in [-0.2, -0.15) is 0 Å². The Morgan fingerprint density at radius 3 is 1.30 bits per heavy atom. The van der Waals surface area contributed by atoms with Gasteiger partial charge in [0.1, 0.15) is 29.0 Å².